The molecule has 27 heavy (non-hydrogen) atoms. The van der Waals surface area contributed by atoms with Gasteiger partial charge in [-0.05, 0) is 49.9 Å². The van der Waals surface area contributed by atoms with Gasteiger partial charge < -0.3 is 15.0 Å². The number of ether oxygens (including phenoxy) is 1. The molecule has 2 bridgehead atoms. The van der Waals surface area contributed by atoms with Crippen molar-refractivity contribution in [2.75, 3.05) is 6.61 Å². The molecule has 2 saturated heterocycles. The van der Waals surface area contributed by atoms with Crippen LogP contribution in [0, 0.1) is 0 Å². The van der Waals surface area contributed by atoms with Crippen molar-refractivity contribution in [2.24, 2.45) is 0 Å². The summed E-state index contributed by atoms with van der Waals surface area (Å²) >= 11 is 0. The number of pyridine rings is 1. The van der Waals surface area contributed by atoms with Gasteiger partial charge in [-0.15, -0.1) is 0 Å². The van der Waals surface area contributed by atoms with E-state index < -0.39 is 0 Å². The number of carbonyl (C=O) groups excluding carboxylic acids is 2. The first-order valence-corrected chi connectivity index (χ1v) is 9.40. The predicted molar refractivity (Wildman–Crippen MR) is 100 cm³/mol. The van der Waals surface area contributed by atoms with Crippen LogP contribution in [0.25, 0.3) is 0 Å². The topological polar surface area (TPSA) is 71.5 Å². The number of nitrogens with one attached hydrogen (secondary N) is 1. The Labute approximate surface area is 158 Å². The molecule has 0 spiro atoms. The lowest BCUT2D eigenvalue weighted by Gasteiger charge is -2.39. The Morgan fingerprint density at radius 1 is 1.04 bits per heavy atom. The molecule has 2 fully saturated rings. The van der Waals surface area contributed by atoms with Crippen LogP contribution in [0.5, 0.6) is 5.75 Å². The van der Waals surface area contributed by atoms with Crippen LogP contribution in [0.4, 0.5) is 0 Å². The van der Waals surface area contributed by atoms with E-state index >= 15 is 0 Å². The summed E-state index contributed by atoms with van der Waals surface area (Å²) in [4.78, 5) is 31.0. The predicted octanol–water partition coefficient (Wildman–Crippen LogP) is 2.41. The molecule has 2 aliphatic heterocycles. The lowest BCUT2D eigenvalue weighted by Crippen LogP contribution is -2.53. The van der Waals surface area contributed by atoms with E-state index in [2.05, 4.69) is 10.3 Å². The minimum atomic E-state index is -0.0750. The highest BCUT2D eigenvalue weighted by Gasteiger charge is 2.43. The summed E-state index contributed by atoms with van der Waals surface area (Å²) in [7, 11) is 0. The summed E-state index contributed by atoms with van der Waals surface area (Å²) < 4.78 is 5.63. The maximum atomic E-state index is 12.7. The maximum absolute atomic E-state index is 12.7. The molecule has 6 heteroatoms. The van der Waals surface area contributed by atoms with Gasteiger partial charge in [-0.2, -0.15) is 0 Å². The molecule has 2 unspecified atom stereocenters. The first-order chi connectivity index (χ1) is 13.2. The summed E-state index contributed by atoms with van der Waals surface area (Å²) in [6, 6.07) is 13.3. The highest BCUT2D eigenvalue weighted by molar-refractivity contribution is 5.94. The third-order valence-electron chi connectivity index (χ3n) is 5.40. The van der Waals surface area contributed by atoms with E-state index in [-0.39, 0.29) is 36.5 Å². The quantitative estimate of drug-likeness (QED) is 0.883. The zero-order valence-corrected chi connectivity index (χ0v) is 15.1. The van der Waals surface area contributed by atoms with Gasteiger partial charge in [-0.1, -0.05) is 18.2 Å². The number of carbonyl (C=O) groups is 2. The summed E-state index contributed by atoms with van der Waals surface area (Å²) in [5, 5.41) is 3.12. The smallest absolute Gasteiger partial charge is 0.261 e. The van der Waals surface area contributed by atoms with Gasteiger partial charge in [0.1, 0.15) is 5.75 Å². The molecule has 6 nitrogen and oxygen atoms in total. The molecule has 2 aliphatic rings. The van der Waals surface area contributed by atoms with Crippen LogP contribution in [0.15, 0.2) is 54.9 Å². The first kappa shape index (κ1) is 17.5. The second-order valence-corrected chi connectivity index (χ2v) is 7.17. The Balaban J connectivity index is 1.33. The molecule has 0 saturated carbocycles. The molecule has 2 amide bonds. The first-order valence-electron chi connectivity index (χ1n) is 9.40. The number of aromatic nitrogens is 1. The summed E-state index contributed by atoms with van der Waals surface area (Å²) in [5.41, 5.74) is 0.618. The van der Waals surface area contributed by atoms with Crippen molar-refractivity contribution in [3.8, 4) is 5.75 Å². The SMILES string of the molecule is O=C(NC1CC2CCC(C1)N2C(=O)COc1ccccc1)c1ccncc1. The molecular formula is C21H23N3O3. The standard InChI is InChI=1S/C21H23N3O3/c25-20(14-27-19-4-2-1-3-5-19)24-17-6-7-18(24)13-16(12-17)23-21(26)15-8-10-22-11-9-15/h1-5,8-11,16-18H,6-7,12-14H2,(H,23,26). The van der Waals surface area contributed by atoms with Gasteiger partial charge in [0.25, 0.3) is 11.8 Å². The van der Waals surface area contributed by atoms with Crippen LogP contribution in [0.2, 0.25) is 0 Å². The van der Waals surface area contributed by atoms with Crippen LogP contribution >= 0.6 is 0 Å². The number of rotatable bonds is 5. The van der Waals surface area contributed by atoms with Crippen molar-refractivity contribution in [1.29, 1.82) is 0 Å². The second kappa shape index (κ2) is 7.78. The van der Waals surface area contributed by atoms with E-state index in [0.717, 1.165) is 25.7 Å². The zero-order chi connectivity index (χ0) is 18.6. The number of benzene rings is 1. The normalized spacial score (nSPS) is 23.7. The van der Waals surface area contributed by atoms with Crippen molar-refractivity contribution in [3.05, 3.63) is 60.4 Å². The maximum Gasteiger partial charge on any atom is 0.261 e. The van der Waals surface area contributed by atoms with Gasteiger partial charge in [-0.3, -0.25) is 14.6 Å². The van der Waals surface area contributed by atoms with Crippen molar-refractivity contribution >= 4 is 11.8 Å². The fraction of sp³-hybridized carbons (Fsp3) is 0.381. The molecule has 1 N–H and O–H groups in total. The minimum Gasteiger partial charge on any atom is -0.484 e. The van der Waals surface area contributed by atoms with Gasteiger partial charge in [0.05, 0.1) is 0 Å². The molecular weight excluding hydrogens is 342 g/mol. The molecule has 140 valence electrons. The molecule has 0 radical (unpaired) electrons. The Bertz CT molecular complexity index is 783. The number of nitrogens with zero attached hydrogens (tertiary/aromatic N) is 2. The Hall–Kier alpha value is -2.89. The lowest BCUT2D eigenvalue weighted by molar-refractivity contribution is -0.138. The molecule has 4 rings (SSSR count). The lowest BCUT2D eigenvalue weighted by atomic mass is 9.97. The summed E-state index contributed by atoms with van der Waals surface area (Å²) in [5.74, 6) is 0.664. The number of amides is 2. The summed E-state index contributed by atoms with van der Waals surface area (Å²) in [6.07, 6.45) is 6.81. The number of hydrogen-bond donors (Lipinski definition) is 1. The van der Waals surface area contributed by atoms with Crippen LogP contribution in [-0.2, 0) is 4.79 Å². The average molecular weight is 365 g/mol. The zero-order valence-electron chi connectivity index (χ0n) is 15.1. The third kappa shape index (κ3) is 3.94. The van der Waals surface area contributed by atoms with Crippen molar-refractivity contribution in [2.45, 2.75) is 43.8 Å². The number of piperidine rings is 1. The Morgan fingerprint density at radius 2 is 1.70 bits per heavy atom. The van der Waals surface area contributed by atoms with Crippen LogP contribution in [0.1, 0.15) is 36.0 Å². The van der Waals surface area contributed by atoms with E-state index in [9.17, 15) is 9.59 Å². The van der Waals surface area contributed by atoms with E-state index in [4.69, 9.17) is 4.74 Å². The van der Waals surface area contributed by atoms with Gasteiger partial charge in [0.2, 0.25) is 0 Å². The van der Waals surface area contributed by atoms with Crippen LogP contribution in [0.3, 0.4) is 0 Å². The largest absolute Gasteiger partial charge is 0.484 e. The van der Waals surface area contributed by atoms with Crippen LogP contribution in [-0.4, -0.2) is 46.4 Å². The van der Waals surface area contributed by atoms with E-state index in [0.29, 0.717) is 11.3 Å². The van der Waals surface area contributed by atoms with Gasteiger partial charge in [0, 0.05) is 36.1 Å². The monoisotopic (exact) mass is 365 g/mol. The van der Waals surface area contributed by atoms with Crippen molar-refractivity contribution in [3.63, 3.8) is 0 Å². The van der Waals surface area contributed by atoms with E-state index in [1.54, 1.807) is 24.5 Å². The molecule has 1 aromatic heterocycles. The van der Waals surface area contributed by atoms with Gasteiger partial charge >= 0.3 is 0 Å². The van der Waals surface area contributed by atoms with E-state index in [1.165, 1.54) is 0 Å². The van der Waals surface area contributed by atoms with Gasteiger partial charge in [0.15, 0.2) is 6.61 Å². The molecule has 2 atom stereocenters. The molecule has 1 aromatic carbocycles. The molecule has 2 aromatic rings. The van der Waals surface area contributed by atoms with Crippen molar-refractivity contribution < 1.29 is 14.3 Å². The number of para-hydroxylation sites is 1. The van der Waals surface area contributed by atoms with E-state index in [1.807, 2.05) is 35.2 Å². The fourth-order valence-electron chi connectivity index (χ4n) is 4.21. The Morgan fingerprint density at radius 3 is 2.37 bits per heavy atom. The highest BCUT2D eigenvalue weighted by atomic mass is 16.5. The summed E-state index contributed by atoms with van der Waals surface area (Å²) in [6.45, 7) is 0.0606. The Kier molecular flexibility index (Phi) is 5.05. The average Bonchev–Trinajstić information content (AvgIpc) is 2.98. The van der Waals surface area contributed by atoms with Crippen LogP contribution < -0.4 is 10.1 Å². The molecule has 3 heterocycles. The molecule has 0 aliphatic carbocycles. The van der Waals surface area contributed by atoms with Crippen molar-refractivity contribution in [1.82, 2.24) is 15.2 Å². The number of fused-ring (bicyclic) bond motifs is 2. The minimum absolute atomic E-state index is 0.0327. The number of hydrogen-bond acceptors (Lipinski definition) is 4. The second-order valence-electron chi connectivity index (χ2n) is 7.17. The highest BCUT2D eigenvalue weighted by Crippen LogP contribution is 2.36. The third-order valence-corrected chi connectivity index (χ3v) is 5.40. The fourth-order valence-corrected chi connectivity index (χ4v) is 4.21. The van der Waals surface area contributed by atoms with Gasteiger partial charge in [-0.25, -0.2) is 0 Å².